The molecule has 4 nitrogen and oxygen atoms in total. The molecule has 88 valence electrons. The third-order valence-electron chi connectivity index (χ3n) is 2.49. The van der Waals surface area contributed by atoms with Gasteiger partial charge in [0.1, 0.15) is 0 Å². The molecule has 1 atom stereocenters. The molecule has 0 spiro atoms. The van der Waals surface area contributed by atoms with Crippen molar-refractivity contribution in [3.8, 4) is 0 Å². The van der Waals surface area contributed by atoms with E-state index in [1.807, 2.05) is 0 Å². The first-order valence-electron chi connectivity index (χ1n) is 5.62. The summed E-state index contributed by atoms with van der Waals surface area (Å²) in [6.07, 6.45) is 5.23. The highest BCUT2D eigenvalue weighted by molar-refractivity contribution is 5.93. The van der Waals surface area contributed by atoms with Crippen LogP contribution in [0.4, 0.5) is 0 Å². The van der Waals surface area contributed by atoms with E-state index in [2.05, 4.69) is 17.2 Å². The van der Waals surface area contributed by atoms with Crippen LogP contribution in [-0.2, 0) is 0 Å². The van der Waals surface area contributed by atoms with Gasteiger partial charge in [-0.15, -0.1) is 0 Å². The lowest BCUT2D eigenvalue weighted by molar-refractivity contribution is 0.0952. The summed E-state index contributed by atoms with van der Waals surface area (Å²) in [7, 11) is 0. The van der Waals surface area contributed by atoms with E-state index in [-0.39, 0.29) is 5.91 Å². The Morgan fingerprint density at radius 1 is 1.62 bits per heavy atom. The summed E-state index contributed by atoms with van der Waals surface area (Å²) >= 11 is 0. The van der Waals surface area contributed by atoms with E-state index >= 15 is 0 Å². The molecular weight excluding hydrogens is 202 g/mol. The average molecular weight is 221 g/mol. The molecule has 1 rings (SSSR count). The molecule has 0 aromatic carbocycles. The molecule has 0 radical (unpaired) electrons. The summed E-state index contributed by atoms with van der Waals surface area (Å²) in [4.78, 5) is 15.5. The molecule has 0 bridgehead atoms. The fourth-order valence-corrected chi connectivity index (χ4v) is 1.37. The van der Waals surface area contributed by atoms with Crippen LogP contribution in [0, 0.1) is 5.92 Å². The minimum atomic E-state index is -0.0616. The smallest absolute Gasteiger partial charge is 0.252 e. The van der Waals surface area contributed by atoms with E-state index in [1.54, 1.807) is 24.5 Å². The first-order valence-corrected chi connectivity index (χ1v) is 5.62. The van der Waals surface area contributed by atoms with Crippen LogP contribution >= 0.6 is 0 Å². The van der Waals surface area contributed by atoms with Gasteiger partial charge < -0.3 is 11.1 Å². The Morgan fingerprint density at radius 3 is 3.06 bits per heavy atom. The number of carbonyl (C=O) groups excluding carboxylic acids is 1. The van der Waals surface area contributed by atoms with Crippen LogP contribution in [0.2, 0.25) is 0 Å². The topological polar surface area (TPSA) is 68.0 Å². The molecule has 0 saturated heterocycles. The maximum absolute atomic E-state index is 11.6. The van der Waals surface area contributed by atoms with E-state index in [4.69, 9.17) is 5.73 Å². The molecular formula is C12H19N3O. The lowest BCUT2D eigenvalue weighted by Gasteiger charge is -2.08. The third kappa shape index (κ3) is 4.40. The Bertz CT molecular complexity index is 313. The standard InChI is InChI=1S/C12H19N3O/c1-10(8-13)4-2-7-15-12(16)11-5-3-6-14-9-11/h3,5-6,9-10H,2,4,7-8,13H2,1H3,(H,15,16). The second kappa shape index (κ2) is 6.95. The maximum atomic E-state index is 11.6. The molecule has 0 aliphatic carbocycles. The maximum Gasteiger partial charge on any atom is 0.252 e. The summed E-state index contributed by atoms with van der Waals surface area (Å²) in [5.74, 6) is 0.462. The normalized spacial score (nSPS) is 12.1. The lowest BCUT2D eigenvalue weighted by atomic mass is 10.1. The highest BCUT2D eigenvalue weighted by Gasteiger charge is 2.04. The SMILES string of the molecule is CC(CN)CCCNC(=O)c1cccnc1. The van der Waals surface area contributed by atoms with Crippen molar-refractivity contribution in [1.82, 2.24) is 10.3 Å². The second-order valence-electron chi connectivity index (χ2n) is 3.98. The van der Waals surface area contributed by atoms with Crippen LogP contribution in [0.25, 0.3) is 0 Å². The molecule has 1 aromatic heterocycles. The number of aromatic nitrogens is 1. The summed E-state index contributed by atoms with van der Waals surface area (Å²) < 4.78 is 0. The average Bonchev–Trinajstić information content (AvgIpc) is 2.35. The summed E-state index contributed by atoms with van der Waals surface area (Å²) in [6, 6.07) is 3.51. The molecule has 0 aliphatic rings. The number of rotatable bonds is 6. The minimum Gasteiger partial charge on any atom is -0.352 e. The number of hydrogen-bond donors (Lipinski definition) is 2. The van der Waals surface area contributed by atoms with Crippen LogP contribution < -0.4 is 11.1 Å². The van der Waals surface area contributed by atoms with Gasteiger partial charge in [-0.05, 0) is 37.4 Å². The third-order valence-corrected chi connectivity index (χ3v) is 2.49. The quantitative estimate of drug-likeness (QED) is 0.709. The van der Waals surface area contributed by atoms with Gasteiger partial charge in [0.15, 0.2) is 0 Å². The second-order valence-corrected chi connectivity index (χ2v) is 3.98. The van der Waals surface area contributed by atoms with Crippen molar-refractivity contribution in [3.05, 3.63) is 30.1 Å². The number of hydrogen-bond acceptors (Lipinski definition) is 3. The number of nitrogens with zero attached hydrogens (tertiary/aromatic N) is 1. The number of amides is 1. The van der Waals surface area contributed by atoms with Gasteiger partial charge in [-0.3, -0.25) is 9.78 Å². The zero-order valence-electron chi connectivity index (χ0n) is 9.65. The molecule has 4 heteroatoms. The highest BCUT2D eigenvalue weighted by Crippen LogP contribution is 2.02. The molecule has 3 N–H and O–H groups in total. The van der Waals surface area contributed by atoms with E-state index in [9.17, 15) is 4.79 Å². The summed E-state index contributed by atoms with van der Waals surface area (Å²) in [6.45, 7) is 3.51. The van der Waals surface area contributed by atoms with Gasteiger partial charge in [0.05, 0.1) is 5.56 Å². The van der Waals surface area contributed by atoms with Crippen LogP contribution in [0.3, 0.4) is 0 Å². The lowest BCUT2D eigenvalue weighted by Crippen LogP contribution is -2.25. The molecule has 0 saturated carbocycles. The Labute approximate surface area is 96.3 Å². The Hall–Kier alpha value is -1.42. The molecule has 16 heavy (non-hydrogen) atoms. The van der Waals surface area contributed by atoms with Crippen molar-refractivity contribution in [3.63, 3.8) is 0 Å². The molecule has 1 amide bonds. The largest absolute Gasteiger partial charge is 0.352 e. The highest BCUT2D eigenvalue weighted by atomic mass is 16.1. The van der Waals surface area contributed by atoms with Gasteiger partial charge in [-0.25, -0.2) is 0 Å². The van der Waals surface area contributed by atoms with Crippen LogP contribution in [0.15, 0.2) is 24.5 Å². The van der Waals surface area contributed by atoms with Gasteiger partial charge in [0.2, 0.25) is 0 Å². The number of carbonyl (C=O) groups is 1. The van der Waals surface area contributed by atoms with Gasteiger partial charge in [0, 0.05) is 18.9 Å². The van der Waals surface area contributed by atoms with Crippen molar-refractivity contribution >= 4 is 5.91 Å². The molecule has 1 unspecified atom stereocenters. The summed E-state index contributed by atoms with van der Waals surface area (Å²) in [5, 5.41) is 2.86. The fraction of sp³-hybridized carbons (Fsp3) is 0.500. The van der Waals surface area contributed by atoms with Crippen LogP contribution in [-0.4, -0.2) is 24.0 Å². The van der Waals surface area contributed by atoms with Crippen molar-refractivity contribution in [2.24, 2.45) is 11.7 Å². The Balaban J connectivity index is 2.21. The predicted octanol–water partition coefficient (Wildman–Crippen LogP) is 1.19. The Morgan fingerprint density at radius 2 is 2.44 bits per heavy atom. The van der Waals surface area contributed by atoms with E-state index in [0.29, 0.717) is 24.6 Å². The van der Waals surface area contributed by atoms with Gasteiger partial charge in [0.25, 0.3) is 5.91 Å². The zero-order chi connectivity index (χ0) is 11.8. The van der Waals surface area contributed by atoms with E-state index in [1.165, 1.54) is 0 Å². The minimum absolute atomic E-state index is 0.0616. The number of nitrogens with two attached hydrogens (primary N) is 1. The summed E-state index contributed by atoms with van der Waals surface area (Å²) in [5.41, 5.74) is 6.12. The van der Waals surface area contributed by atoms with Crippen LogP contribution in [0.5, 0.6) is 0 Å². The first kappa shape index (κ1) is 12.6. The number of nitrogens with one attached hydrogen (secondary N) is 1. The van der Waals surface area contributed by atoms with Crippen molar-refractivity contribution in [2.75, 3.05) is 13.1 Å². The molecule has 0 aliphatic heterocycles. The molecule has 1 heterocycles. The van der Waals surface area contributed by atoms with Crippen molar-refractivity contribution in [2.45, 2.75) is 19.8 Å². The fourth-order valence-electron chi connectivity index (χ4n) is 1.37. The van der Waals surface area contributed by atoms with E-state index < -0.39 is 0 Å². The van der Waals surface area contributed by atoms with E-state index in [0.717, 1.165) is 12.8 Å². The zero-order valence-corrected chi connectivity index (χ0v) is 9.65. The van der Waals surface area contributed by atoms with Gasteiger partial charge in [-0.2, -0.15) is 0 Å². The first-order chi connectivity index (χ1) is 7.74. The molecule has 0 fully saturated rings. The van der Waals surface area contributed by atoms with Crippen molar-refractivity contribution < 1.29 is 4.79 Å². The predicted molar refractivity (Wildman–Crippen MR) is 64.0 cm³/mol. The van der Waals surface area contributed by atoms with Gasteiger partial charge >= 0.3 is 0 Å². The Kier molecular flexibility index (Phi) is 5.50. The van der Waals surface area contributed by atoms with Gasteiger partial charge in [-0.1, -0.05) is 6.92 Å². The van der Waals surface area contributed by atoms with Crippen molar-refractivity contribution in [1.29, 1.82) is 0 Å². The van der Waals surface area contributed by atoms with Crippen LogP contribution in [0.1, 0.15) is 30.1 Å². The molecule has 1 aromatic rings. The number of pyridine rings is 1. The monoisotopic (exact) mass is 221 g/mol.